The Morgan fingerprint density at radius 2 is 1.58 bits per heavy atom. The molecule has 1 N–H and O–H groups in total. The lowest BCUT2D eigenvalue weighted by molar-refractivity contribution is 0.102. The van der Waals surface area contributed by atoms with Crippen LogP contribution < -0.4 is 19.1 Å². The molecule has 0 saturated carbocycles. The van der Waals surface area contributed by atoms with Crippen LogP contribution in [0.2, 0.25) is 5.02 Å². The van der Waals surface area contributed by atoms with E-state index in [1.54, 1.807) is 48.5 Å². The second-order valence-electron chi connectivity index (χ2n) is 6.47. The van der Waals surface area contributed by atoms with Crippen LogP contribution in [0.4, 0.5) is 11.4 Å². The summed E-state index contributed by atoms with van der Waals surface area (Å²) in [6, 6.07) is 17.5. The predicted molar refractivity (Wildman–Crippen MR) is 121 cm³/mol. The third kappa shape index (κ3) is 4.76. The fraction of sp³-hybridized carbons (Fsp3) is 0.136. The zero-order chi connectivity index (χ0) is 22.6. The van der Waals surface area contributed by atoms with Crippen LogP contribution in [0, 0.1) is 0 Å². The van der Waals surface area contributed by atoms with Gasteiger partial charge in [0.25, 0.3) is 15.9 Å². The van der Waals surface area contributed by atoms with Crippen molar-refractivity contribution >= 4 is 38.9 Å². The van der Waals surface area contributed by atoms with Gasteiger partial charge in [0.1, 0.15) is 0 Å². The number of amides is 1. The van der Waals surface area contributed by atoms with Gasteiger partial charge in [0.2, 0.25) is 0 Å². The quantitative estimate of drug-likeness (QED) is 0.563. The van der Waals surface area contributed by atoms with Crippen molar-refractivity contribution in [2.75, 3.05) is 30.9 Å². The fourth-order valence-electron chi connectivity index (χ4n) is 2.85. The van der Waals surface area contributed by atoms with Gasteiger partial charge in [-0.1, -0.05) is 23.7 Å². The highest BCUT2D eigenvalue weighted by atomic mass is 35.5. The molecule has 0 bridgehead atoms. The van der Waals surface area contributed by atoms with Gasteiger partial charge >= 0.3 is 0 Å². The molecule has 0 radical (unpaired) electrons. The Labute approximate surface area is 186 Å². The van der Waals surface area contributed by atoms with Crippen molar-refractivity contribution in [3.05, 3.63) is 77.3 Å². The molecule has 7 nitrogen and oxygen atoms in total. The molecule has 0 aliphatic heterocycles. The van der Waals surface area contributed by atoms with Gasteiger partial charge in [0.05, 0.1) is 35.5 Å². The summed E-state index contributed by atoms with van der Waals surface area (Å²) in [4.78, 5) is 12.5. The summed E-state index contributed by atoms with van der Waals surface area (Å²) in [5, 5.41) is 3.15. The molecule has 0 aliphatic carbocycles. The van der Waals surface area contributed by atoms with E-state index in [9.17, 15) is 13.2 Å². The van der Waals surface area contributed by atoms with Gasteiger partial charge in [-0.3, -0.25) is 9.10 Å². The number of para-hydroxylation sites is 1. The van der Waals surface area contributed by atoms with Crippen LogP contribution in [0.1, 0.15) is 10.4 Å². The second-order valence-corrected chi connectivity index (χ2v) is 8.85. The number of nitrogens with one attached hydrogen (secondary N) is 1. The number of halogens is 1. The molecule has 3 aromatic carbocycles. The van der Waals surface area contributed by atoms with Gasteiger partial charge in [-0.2, -0.15) is 0 Å². The SMILES string of the molecule is COc1ccc(S(=O)(=O)N(C)c2ccc(C(=O)Nc3ccccc3Cl)cc2)cc1OC. The summed E-state index contributed by atoms with van der Waals surface area (Å²) in [7, 11) is 0.487. The fourth-order valence-corrected chi connectivity index (χ4v) is 4.25. The maximum absolute atomic E-state index is 13.0. The average Bonchev–Trinajstić information content (AvgIpc) is 2.79. The van der Waals surface area contributed by atoms with Gasteiger partial charge in [-0.05, 0) is 48.5 Å². The molecule has 0 aromatic heterocycles. The molecular weight excluding hydrogens is 440 g/mol. The summed E-state index contributed by atoms with van der Waals surface area (Å²) in [5.41, 5.74) is 1.25. The van der Waals surface area contributed by atoms with Gasteiger partial charge < -0.3 is 14.8 Å². The molecule has 0 atom stereocenters. The van der Waals surface area contributed by atoms with E-state index in [0.29, 0.717) is 33.5 Å². The lowest BCUT2D eigenvalue weighted by atomic mass is 10.2. The molecule has 0 aliphatic rings. The standard InChI is InChI=1S/C22H21ClN2O5S/c1-25(31(27,28)17-12-13-20(29-2)21(14-17)30-3)16-10-8-15(9-11-16)22(26)24-19-7-5-4-6-18(19)23/h4-14H,1-3H3,(H,24,26). The molecule has 3 aromatic rings. The van der Waals surface area contributed by atoms with Crippen LogP contribution in [0.25, 0.3) is 0 Å². The van der Waals surface area contributed by atoms with Gasteiger partial charge in [0.15, 0.2) is 11.5 Å². The zero-order valence-corrected chi connectivity index (χ0v) is 18.7. The summed E-state index contributed by atoms with van der Waals surface area (Å²) >= 11 is 6.07. The molecule has 0 saturated heterocycles. The number of carbonyl (C=O) groups excluding carboxylic acids is 1. The topological polar surface area (TPSA) is 84.9 Å². The minimum atomic E-state index is -3.86. The van der Waals surface area contributed by atoms with E-state index in [-0.39, 0.29) is 10.8 Å². The Kier molecular flexibility index (Phi) is 6.72. The Morgan fingerprint density at radius 1 is 0.935 bits per heavy atom. The maximum Gasteiger partial charge on any atom is 0.264 e. The number of methoxy groups -OCH3 is 2. The van der Waals surface area contributed by atoms with Crippen molar-refractivity contribution in [1.82, 2.24) is 0 Å². The van der Waals surface area contributed by atoms with Crippen LogP contribution in [0.5, 0.6) is 11.5 Å². The van der Waals surface area contributed by atoms with E-state index in [1.165, 1.54) is 39.5 Å². The number of benzene rings is 3. The first-order valence-corrected chi connectivity index (χ1v) is 11.0. The van der Waals surface area contributed by atoms with Crippen molar-refractivity contribution < 1.29 is 22.7 Å². The number of rotatable bonds is 7. The molecule has 1 amide bonds. The predicted octanol–water partition coefficient (Wildman–Crippen LogP) is 4.43. The van der Waals surface area contributed by atoms with E-state index in [1.807, 2.05) is 0 Å². The Hall–Kier alpha value is -3.23. The molecule has 0 fully saturated rings. The van der Waals surface area contributed by atoms with E-state index in [2.05, 4.69) is 5.32 Å². The number of nitrogens with zero attached hydrogens (tertiary/aromatic N) is 1. The third-order valence-corrected chi connectivity index (χ3v) is 6.74. The molecule has 0 unspecified atom stereocenters. The van der Waals surface area contributed by atoms with E-state index in [0.717, 1.165) is 4.31 Å². The summed E-state index contributed by atoms with van der Waals surface area (Å²) in [6.07, 6.45) is 0. The number of ether oxygens (including phenoxy) is 2. The van der Waals surface area contributed by atoms with Crippen LogP contribution in [-0.2, 0) is 10.0 Å². The number of sulfonamides is 1. The lowest BCUT2D eigenvalue weighted by Gasteiger charge is -2.20. The number of carbonyl (C=O) groups is 1. The van der Waals surface area contributed by atoms with Crippen LogP contribution in [-0.4, -0.2) is 35.6 Å². The number of anilines is 2. The zero-order valence-electron chi connectivity index (χ0n) is 17.1. The highest BCUT2D eigenvalue weighted by molar-refractivity contribution is 7.92. The van der Waals surface area contributed by atoms with E-state index >= 15 is 0 Å². The average molecular weight is 461 g/mol. The maximum atomic E-state index is 13.0. The van der Waals surface area contributed by atoms with Crippen molar-refractivity contribution in [2.24, 2.45) is 0 Å². The molecule has 9 heteroatoms. The van der Waals surface area contributed by atoms with Gasteiger partial charge in [-0.25, -0.2) is 8.42 Å². The molecule has 162 valence electrons. The van der Waals surface area contributed by atoms with E-state index in [4.69, 9.17) is 21.1 Å². The van der Waals surface area contributed by atoms with Gasteiger partial charge in [0, 0.05) is 18.7 Å². The molecular formula is C22H21ClN2O5S. The smallest absolute Gasteiger partial charge is 0.264 e. The molecule has 3 rings (SSSR count). The van der Waals surface area contributed by atoms with Crippen LogP contribution >= 0.6 is 11.6 Å². The van der Waals surface area contributed by atoms with Crippen molar-refractivity contribution in [1.29, 1.82) is 0 Å². The number of hydrogen-bond donors (Lipinski definition) is 1. The monoisotopic (exact) mass is 460 g/mol. The molecule has 0 spiro atoms. The van der Waals surface area contributed by atoms with Crippen LogP contribution in [0.15, 0.2) is 71.6 Å². The van der Waals surface area contributed by atoms with Crippen molar-refractivity contribution in [2.45, 2.75) is 4.90 Å². The third-order valence-electron chi connectivity index (χ3n) is 4.63. The minimum absolute atomic E-state index is 0.0492. The first kappa shape index (κ1) is 22.5. The Morgan fingerprint density at radius 3 is 2.19 bits per heavy atom. The van der Waals surface area contributed by atoms with Crippen LogP contribution in [0.3, 0.4) is 0 Å². The summed E-state index contributed by atoms with van der Waals surface area (Å²) in [5.74, 6) is 0.381. The number of hydrogen-bond acceptors (Lipinski definition) is 5. The largest absolute Gasteiger partial charge is 0.493 e. The summed E-state index contributed by atoms with van der Waals surface area (Å²) in [6.45, 7) is 0. The van der Waals surface area contributed by atoms with Crippen molar-refractivity contribution in [3.63, 3.8) is 0 Å². The Balaban J connectivity index is 1.81. The highest BCUT2D eigenvalue weighted by Crippen LogP contribution is 2.31. The molecule has 0 heterocycles. The first-order chi connectivity index (χ1) is 14.8. The summed E-state index contributed by atoms with van der Waals surface area (Å²) < 4.78 is 37.5. The minimum Gasteiger partial charge on any atom is -0.493 e. The molecule has 31 heavy (non-hydrogen) atoms. The first-order valence-electron chi connectivity index (χ1n) is 9.15. The lowest BCUT2D eigenvalue weighted by Crippen LogP contribution is -2.26. The Bertz CT molecular complexity index is 1200. The van der Waals surface area contributed by atoms with E-state index < -0.39 is 10.0 Å². The normalized spacial score (nSPS) is 11.0. The van der Waals surface area contributed by atoms with Gasteiger partial charge in [-0.15, -0.1) is 0 Å². The van der Waals surface area contributed by atoms with Crippen molar-refractivity contribution in [3.8, 4) is 11.5 Å². The highest BCUT2D eigenvalue weighted by Gasteiger charge is 2.23. The second kappa shape index (κ2) is 9.28.